The maximum atomic E-state index is 12.7. The van der Waals surface area contributed by atoms with Gasteiger partial charge in [0.2, 0.25) is 0 Å². The Morgan fingerprint density at radius 3 is 2.43 bits per heavy atom. The second-order valence-corrected chi connectivity index (χ2v) is 5.98. The van der Waals surface area contributed by atoms with Crippen molar-refractivity contribution in [1.82, 2.24) is 4.90 Å². The number of furan rings is 1. The molecule has 0 atom stereocenters. The number of benzene rings is 1. The predicted octanol–water partition coefficient (Wildman–Crippen LogP) is 2.95. The summed E-state index contributed by atoms with van der Waals surface area (Å²) in [7, 11) is 0. The van der Waals surface area contributed by atoms with Crippen LogP contribution in [0.25, 0.3) is 11.0 Å². The topological polar surface area (TPSA) is 53.7 Å². The van der Waals surface area contributed by atoms with E-state index in [0.29, 0.717) is 31.7 Å². The Kier molecular flexibility index (Phi) is 3.49. The van der Waals surface area contributed by atoms with Crippen molar-refractivity contribution in [3.63, 3.8) is 0 Å². The fraction of sp³-hybridized carbons (Fsp3) is 0.471. The molecule has 0 unspecified atom stereocenters. The summed E-state index contributed by atoms with van der Waals surface area (Å²) in [6, 6.07) is 4.08. The lowest BCUT2D eigenvalue weighted by Crippen LogP contribution is -2.40. The highest BCUT2D eigenvalue weighted by molar-refractivity contribution is 6.00. The van der Waals surface area contributed by atoms with Gasteiger partial charge in [-0.25, -0.2) is 0 Å². The molecule has 1 fully saturated rings. The molecule has 0 spiro atoms. The van der Waals surface area contributed by atoms with Gasteiger partial charge in [0.25, 0.3) is 5.91 Å². The minimum absolute atomic E-state index is 0.0607. The van der Waals surface area contributed by atoms with Gasteiger partial charge in [0.15, 0.2) is 5.76 Å². The summed E-state index contributed by atoms with van der Waals surface area (Å²) in [6.07, 6.45) is 1.00. The van der Waals surface area contributed by atoms with Crippen LogP contribution in [0.2, 0.25) is 0 Å². The van der Waals surface area contributed by atoms with Crippen LogP contribution in [0.1, 0.15) is 40.1 Å². The fourth-order valence-electron chi connectivity index (χ4n) is 3.09. The van der Waals surface area contributed by atoms with E-state index in [1.807, 2.05) is 26.8 Å². The first-order chi connectivity index (χ1) is 9.99. The van der Waals surface area contributed by atoms with Gasteiger partial charge in [-0.05, 0) is 44.7 Å². The molecule has 1 saturated heterocycles. The monoisotopic (exact) mass is 287 g/mol. The van der Waals surface area contributed by atoms with Crippen LogP contribution < -0.4 is 0 Å². The number of hydrogen-bond donors (Lipinski definition) is 1. The number of rotatable bonds is 1. The third-order valence-corrected chi connectivity index (χ3v) is 4.43. The number of piperidine rings is 1. The Bertz CT molecular complexity index is 694. The quantitative estimate of drug-likeness (QED) is 0.877. The number of nitrogens with zero attached hydrogens (tertiary/aromatic N) is 1. The zero-order valence-electron chi connectivity index (χ0n) is 12.8. The normalized spacial score (nSPS) is 16.7. The van der Waals surface area contributed by atoms with Crippen molar-refractivity contribution in [3.05, 3.63) is 34.6 Å². The molecule has 3 rings (SSSR count). The zero-order chi connectivity index (χ0) is 15.1. The number of aliphatic hydroxyl groups is 1. The van der Waals surface area contributed by atoms with E-state index in [1.54, 1.807) is 4.90 Å². The molecule has 4 nitrogen and oxygen atoms in total. The molecule has 4 heteroatoms. The summed E-state index contributed by atoms with van der Waals surface area (Å²) in [5.41, 5.74) is 3.91. The SMILES string of the molecule is Cc1ccc(C)c2c(C)c(C(=O)N3CCC(O)CC3)oc12. The van der Waals surface area contributed by atoms with Crippen molar-refractivity contribution in [2.75, 3.05) is 13.1 Å². The highest BCUT2D eigenvalue weighted by Crippen LogP contribution is 2.31. The van der Waals surface area contributed by atoms with Gasteiger partial charge in [0.1, 0.15) is 5.58 Å². The molecular formula is C17H21NO3. The van der Waals surface area contributed by atoms with Gasteiger partial charge >= 0.3 is 0 Å². The minimum Gasteiger partial charge on any atom is -0.450 e. The van der Waals surface area contributed by atoms with E-state index in [0.717, 1.165) is 27.7 Å². The number of aliphatic hydroxyl groups excluding tert-OH is 1. The third kappa shape index (κ3) is 2.33. The molecule has 1 N–H and O–H groups in total. The van der Waals surface area contributed by atoms with Crippen molar-refractivity contribution >= 4 is 16.9 Å². The summed E-state index contributed by atoms with van der Waals surface area (Å²) in [5.74, 6) is 0.383. The number of carbonyl (C=O) groups excluding carboxylic acids is 1. The molecular weight excluding hydrogens is 266 g/mol. The molecule has 1 aromatic carbocycles. The molecule has 1 amide bonds. The van der Waals surface area contributed by atoms with Gasteiger partial charge in [0.05, 0.1) is 6.10 Å². The first-order valence-electron chi connectivity index (χ1n) is 7.45. The second-order valence-electron chi connectivity index (χ2n) is 5.98. The Labute approximate surface area is 124 Å². The Hall–Kier alpha value is -1.81. The maximum Gasteiger partial charge on any atom is 0.289 e. The van der Waals surface area contributed by atoms with Crippen LogP contribution in [0.4, 0.5) is 0 Å². The van der Waals surface area contributed by atoms with E-state index < -0.39 is 0 Å². The maximum absolute atomic E-state index is 12.7. The van der Waals surface area contributed by atoms with Crippen molar-refractivity contribution in [3.8, 4) is 0 Å². The standard InChI is InChI=1S/C17H21NO3/c1-10-4-5-11(2)15-14(10)12(3)16(21-15)17(20)18-8-6-13(19)7-9-18/h4-5,13,19H,6-9H2,1-3H3. The van der Waals surface area contributed by atoms with Gasteiger partial charge in [-0.15, -0.1) is 0 Å². The largest absolute Gasteiger partial charge is 0.450 e. The second kappa shape index (κ2) is 5.19. The van der Waals surface area contributed by atoms with Crippen LogP contribution >= 0.6 is 0 Å². The van der Waals surface area contributed by atoms with E-state index >= 15 is 0 Å². The van der Waals surface area contributed by atoms with E-state index in [-0.39, 0.29) is 12.0 Å². The molecule has 21 heavy (non-hydrogen) atoms. The van der Waals surface area contributed by atoms with Gasteiger partial charge in [0, 0.05) is 24.0 Å². The Balaban J connectivity index is 2.01. The van der Waals surface area contributed by atoms with Crippen molar-refractivity contribution < 1.29 is 14.3 Å². The van der Waals surface area contributed by atoms with E-state index in [4.69, 9.17) is 4.42 Å². The number of carbonyl (C=O) groups is 1. The van der Waals surface area contributed by atoms with Crippen LogP contribution in [0.15, 0.2) is 16.5 Å². The van der Waals surface area contributed by atoms with Crippen molar-refractivity contribution in [2.24, 2.45) is 0 Å². The summed E-state index contributed by atoms with van der Waals surface area (Å²) in [6.45, 7) is 7.17. The average molecular weight is 287 g/mol. The smallest absolute Gasteiger partial charge is 0.289 e. The summed E-state index contributed by atoms with van der Waals surface area (Å²) in [5, 5.41) is 10.6. The molecule has 0 bridgehead atoms. The summed E-state index contributed by atoms with van der Waals surface area (Å²) in [4.78, 5) is 14.4. The average Bonchev–Trinajstić information content (AvgIpc) is 2.82. The minimum atomic E-state index is -0.282. The first-order valence-corrected chi connectivity index (χ1v) is 7.45. The van der Waals surface area contributed by atoms with Gasteiger partial charge in [-0.2, -0.15) is 0 Å². The highest BCUT2D eigenvalue weighted by Gasteiger charge is 2.27. The first kappa shape index (κ1) is 14.1. The van der Waals surface area contributed by atoms with Crippen molar-refractivity contribution in [2.45, 2.75) is 39.7 Å². The van der Waals surface area contributed by atoms with E-state index in [2.05, 4.69) is 6.07 Å². The molecule has 2 heterocycles. The zero-order valence-corrected chi connectivity index (χ0v) is 12.8. The summed E-state index contributed by atoms with van der Waals surface area (Å²) < 4.78 is 5.90. The highest BCUT2D eigenvalue weighted by atomic mass is 16.3. The van der Waals surface area contributed by atoms with E-state index in [9.17, 15) is 9.90 Å². The number of aryl methyl sites for hydroxylation is 3. The van der Waals surface area contributed by atoms with Gasteiger partial charge in [-0.1, -0.05) is 12.1 Å². The molecule has 1 aliphatic heterocycles. The van der Waals surface area contributed by atoms with E-state index in [1.165, 1.54) is 0 Å². The lowest BCUT2D eigenvalue weighted by Gasteiger charge is -2.29. The Morgan fingerprint density at radius 1 is 1.19 bits per heavy atom. The third-order valence-electron chi connectivity index (χ3n) is 4.43. The molecule has 2 aromatic rings. The predicted molar refractivity (Wildman–Crippen MR) is 81.6 cm³/mol. The van der Waals surface area contributed by atoms with Crippen LogP contribution in [-0.4, -0.2) is 35.1 Å². The Morgan fingerprint density at radius 2 is 1.81 bits per heavy atom. The number of amides is 1. The lowest BCUT2D eigenvalue weighted by molar-refractivity contribution is 0.0521. The number of likely N-dealkylation sites (tertiary alicyclic amines) is 1. The lowest BCUT2D eigenvalue weighted by atomic mass is 10.0. The molecule has 112 valence electrons. The molecule has 0 aliphatic carbocycles. The molecule has 0 saturated carbocycles. The molecule has 1 aromatic heterocycles. The van der Waals surface area contributed by atoms with Gasteiger partial charge < -0.3 is 14.4 Å². The number of hydrogen-bond acceptors (Lipinski definition) is 3. The van der Waals surface area contributed by atoms with Crippen LogP contribution in [0.3, 0.4) is 0 Å². The van der Waals surface area contributed by atoms with Crippen LogP contribution in [-0.2, 0) is 0 Å². The van der Waals surface area contributed by atoms with Gasteiger partial charge in [-0.3, -0.25) is 4.79 Å². The summed E-state index contributed by atoms with van der Waals surface area (Å²) >= 11 is 0. The fourth-order valence-corrected chi connectivity index (χ4v) is 3.09. The van der Waals surface area contributed by atoms with Crippen LogP contribution in [0.5, 0.6) is 0 Å². The van der Waals surface area contributed by atoms with Crippen LogP contribution in [0, 0.1) is 20.8 Å². The number of fused-ring (bicyclic) bond motifs is 1. The molecule has 0 radical (unpaired) electrons. The molecule has 1 aliphatic rings. The van der Waals surface area contributed by atoms with Crippen molar-refractivity contribution in [1.29, 1.82) is 0 Å².